The van der Waals surface area contributed by atoms with Gasteiger partial charge in [0, 0.05) is 26.7 Å². The molecule has 0 aromatic rings. The molecule has 0 aromatic heterocycles. The molecule has 0 saturated heterocycles. The zero-order valence-corrected chi connectivity index (χ0v) is 11.5. The van der Waals surface area contributed by atoms with Crippen molar-refractivity contribution in [3.05, 3.63) is 0 Å². The van der Waals surface area contributed by atoms with Gasteiger partial charge in [-0.15, -0.1) is 0 Å². The minimum absolute atomic E-state index is 0.199. The van der Waals surface area contributed by atoms with Crippen LogP contribution < -0.4 is 0 Å². The highest BCUT2D eigenvalue weighted by atomic mass is 28.4. The van der Waals surface area contributed by atoms with Gasteiger partial charge in [0.1, 0.15) is 5.60 Å². The van der Waals surface area contributed by atoms with Crippen LogP contribution in [0.1, 0.15) is 27.2 Å². The Kier molecular flexibility index (Phi) is 5.48. The Bertz CT molecular complexity index is 206. The van der Waals surface area contributed by atoms with Crippen molar-refractivity contribution in [2.45, 2.75) is 45.4 Å². The van der Waals surface area contributed by atoms with Crippen molar-refractivity contribution < 1.29 is 18.4 Å². The molecule has 0 aliphatic rings. The van der Waals surface area contributed by atoms with E-state index in [0.717, 1.165) is 0 Å². The van der Waals surface area contributed by atoms with E-state index in [9.17, 15) is 4.79 Å². The molecule has 0 N–H and O–H groups in total. The summed E-state index contributed by atoms with van der Waals surface area (Å²) in [7, 11) is 1.10. The molecule has 0 heterocycles. The van der Waals surface area contributed by atoms with Gasteiger partial charge in [-0.2, -0.15) is 0 Å². The molecule has 0 unspecified atom stereocenters. The van der Waals surface area contributed by atoms with E-state index in [0.29, 0.717) is 12.5 Å². The third kappa shape index (κ3) is 6.65. The van der Waals surface area contributed by atoms with E-state index >= 15 is 0 Å². The zero-order chi connectivity index (χ0) is 12.1. The van der Waals surface area contributed by atoms with Crippen LogP contribution in [0.5, 0.6) is 0 Å². The van der Waals surface area contributed by atoms with Crippen LogP contribution in [0, 0.1) is 0 Å². The van der Waals surface area contributed by atoms with Gasteiger partial charge in [0.05, 0.1) is 0 Å². The first-order chi connectivity index (χ1) is 6.72. The largest absolute Gasteiger partial charge is 0.460 e. The van der Waals surface area contributed by atoms with Crippen molar-refractivity contribution in [2.24, 2.45) is 0 Å². The van der Waals surface area contributed by atoms with E-state index in [1.54, 1.807) is 14.2 Å². The first kappa shape index (κ1) is 14.6. The van der Waals surface area contributed by atoms with Crippen molar-refractivity contribution in [1.82, 2.24) is 0 Å². The third-order valence-corrected chi connectivity index (χ3v) is 4.95. The number of carbonyl (C=O) groups excluding carboxylic acids is 1. The Morgan fingerprint density at radius 3 is 2.00 bits per heavy atom. The molecule has 90 valence electrons. The first-order valence-corrected chi connectivity index (χ1v) is 7.57. The molecule has 0 aliphatic carbocycles. The van der Waals surface area contributed by atoms with E-state index in [2.05, 4.69) is 0 Å². The molecule has 0 fully saturated rings. The fourth-order valence-corrected chi connectivity index (χ4v) is 2.24. The molecular formula is C10H22O4Si. The van der Waals surface area contributed by atoms with E-state index in [1.807, 2.05) is 27.3 Å². The monoisotopic (exact) mass is 234 g/mol. The highest BCUT2D eigenvalue weighted by Crippen LogP contribution is 2.16. The quantitative estimate of drug-likeness (QED) is 0.539. The molecule has 15 heavy (non-hydrogen) atoms. The topological polar surface area (TPSA) is 44.8 Å². The lowest BCUT2D eigenvalue weighted by molar-refractivity contribution is -0.154. The number of rotatable bonds is 5. The van der Waals surface area contributed by atoms with Crippen molar-refractivity contribution in [1.29, 1.82) is 0 Å². The number of hydrogen-bond donors (Lipinski definition) is 0. The fraction of sp³-hybridized carbons (Fsp3) is 0.900. The van der Waals surface area contributed by atoms with E-state index in [-0.39, 0.29) is 5.97 Å². The predicted molar refractivity (Wildman–Crippen MR) is 60.9 cm³/mol. The van der Waals surface area contributed by atoms with Crippen LogP contribution in [-0.4, -0.2) is 34.4 Å². The number of ether oxygens (including phenoxy) is 1. The van der Waals surface area contributed by atoms with Crippen LogP contribution in [0.15, 0.2) is 0 Å². The van der Waals surface area contributed by atoms with Crippen LogP contribution in [0.2, 0.25) is 12.6 Å². The highest BCUT2D eigenvalue weighted by Gasteiger charge is 2.30. The van der Waals surface area contributed by atoms with Crippen molar-refractivity contribution in [3.63, 3.8) is 0 Å². The summed E-state index contributed by atoms with van der Waals surface area (Å²) in [6.45, 7) is 7.49. The summed E-state index contributed by atoms with van der Waals surface area (Å²) in [6, 6.07) is 0.620. The minimum Gasteiger partial charge on any atom is -0.460 e. The maximum absolute atomic E-state index is 11.4. The fourth-order valence-electron chi connectivity index (χ4n) is 1.01. The van der Waals surface area contributed by atoms with Crippen LogP contribution in [0.3, 0.4) is 0 Å². The Hall–Kier alpha value is -0.393. The van der Waals surface area contributed by atoms with Crippen LogP contribution in [-0.2, 0) is 18.4 Å². The summed E-state index contributed by atoms with van der Waals surface area (Å²) in [5, 5.41) is 0. The summed E-state index contributed by atoms with van der Waals surface area (Å²) < 4.78 is 15.7. The van der Waals surface area contributed by atoms with Gasteiger partial charge >= 0.3 is 14.5 Å². The van der Waals surface area contributed by atoms with Gasteiger partial charge in [-0.05, 0) is 27.3 Å². The summed E-state index contributed by atoms with van der Waals surface area (Å²) in [5.74, 6) is -0.199. The van der Waals surface area contributed by atoms with E-state index in [1.165, 1.54) is 0 Å². The Morgan fingerprint density at radius 1 is 1.20 bits per heavy atom. The second-order valence-corrected chi connectivity index (χ2v) is 8.21. The summed E-state index contributed by atoms with van der Waals surface area (Å²) in [5.41, 5.74) is -0.421. The lowest BCUT2D eigenvalue weighted by atomic mass is 10.2. The molecule has 0 spiro atoms. The summed E-state index contributed by atoms with van der Waals surface area (Å²) in [6.07, 6.45) is 0.349. The predicted octanol–water partition coefficient (Wildman–Crippen LogP) is 2.08. The second-order valence-electron chi connectivity index (χ2n) is 4.63. The third-order valence-electron chi connectivity index (χ3n) is 2.07. The maximum atomic E-state index is 11.4. The Morgan fingerprint density at radius 2 is 1.67 bits per heavy atom. The Labute approximate surface area is 93.2 Å². The summed E-state index contributed by atoms with van der Waals surface area (Å²) in [4.78, 5) is 11.4. The molecule has 0 aliphatic heterocycles. The first-order valence-electron chi connectivity index (χ1n) is 5.04. The molecule has 0 bridgehead atoms. The maximum Gasteiger partial charge on any atom is 0.334 e. The smallest absolute Gasteiger partial charge is 0.334 e. The lowest BCUT2D eigenvalue weighted by Gasteiger charge is -2.24. The molecule has 4 nitrogen and oxygen atoms in total. The van der Waals surface area contributed by atoms with E-state index < -0.39 is 14.2 Å². The average molecular weight is 234 g/mol. The second kappa shape index (κ2) is 5.63. The van der Waals surface area contributed by atoms with Crippen molar-refractivity contribution in [3.8, 4) is 0 Å². The molecule has 0 amide bonds. The van der Waals surface area contributed by atoms with Gasteiger partial charge in [0.25, 0.3) is 0 Å². The molecule has 0 radical (unpaired) electrons. The normalized spacial score (nSPS) is 12.7. The highest BCUT2D eigenvalue weighted by molar-refractivity contribution is 6.66. The van der Waals surface area contributed by atoms with Gasteiger partial charge in [-0.25, -0.2) is 0 Å². The van der Waals surface area contributed by atoms with E-state index in [4.69, 9.17) is 13.6 Å². The Balaban J connectivity index is 4.00. The van der Waals surface area contributed by atoms with Gasteiger partial charge < -0.3 is 13.6 Å². The van der Waals surface area contributed by atoms with Gasteiger partial charge in [-0.3, -0.25) is 4.79 Å². The number of hydrogen-bond acceptors (Lipinski definition) is 4. The van der Waals surface area contributed by atoms with Crippen molar-refractivity contribution >= 4 is 14.5 Å². The molecule has 5 heteroatoms. The SMILES string of the molecule is CO[Si](C)(CCC(=O)OC(C)(C)C)OC. The standard InChI is InChI=1S/C10H22O4Si/c1-10(2,3)14-9(11)7-8-15(6,12-4)13-5/h7-8H2,1-6H3. The minimum atomic E-state index is -2.14. The summed E-state index contributed by atoms with van der Waals surface area (Å²) >= 11 is 0. The van der Waals surface area contributed by atoms with Crippen molar-refractivity contribution in [2.75, 3.05) is 14.2 Å². The van der Waals surface area contributed by atoms with Crippen LogP contribution in [0.4, 0.5) is 0 Å². The molecule has 0 rings (SSSR count). The number of carbonyl (C=O) groups is 1. The van der Waals surface area contributed by atoms with Gasteiger partial charge in [-0.1, -0.05) is 0 Å². The average Bonchev–Trinajstić information content (AvgIpc) is 2.12. The molecule has 0 saturated carbocycles. The molecule has 0 atom stereocenters. The van der Waals surface area contributed by atoms with Gasteiger partial charge in [0.2, 0.25) is 0 Å². The zero-order valence-electron chi connectivity index (χ0n) is 10.5. The lowest BCUT2D eigenvalue weighted by Crippen LogP contribution is -2.37. The van der Waals surface area contributed by atoms with Gasteiger partial charge in [0.15, 0.2) is 0 Å². The van der Waals surface area contributed by atoms with Crippen LogP contribution in [0.25, 0.3) is 0 Å². The van der Waals surface area contributed by atoms with Crippen LogP contribution >= 0.6 is 0 Å². The number of esters is 1. The molecular weight excluding hydrogens is 212 g/mol. The molecule has 0 aromatic carbocycles.